The van der Waals surface area contributed by atoms with Crippen molar-refractivity contribution in [1.82, 2.24) is 9.88 Å². The fourth-order valence-electron chi connectivity index (χ4n) is 2.62. The van der Waals surface area contributed by atoms with Gasteiger partial charge in [-0.05, 0) is 30.2 Å². The molecule has 106 valence electrons. The van der Waals surface area contributed by atoms with Crippen LogP contribution in [0.25, 0.3) is 16.6 Å². The number of aromatic nitrogens is 1. The molecule has 0 aliphatic carbocycles. The summed E-state index contributed by atoms with van der Waals surface area (Å²) in [5.41, 5.74) is 3.52. The average molecular weight is 278 g/mol. The normalized spacial score (nSPS) is 10.7. The van der Waals surface area contributed by atoms with Gasteiger partial charge < -0.3 is 9.88 Å². The molecule has 1 aromatic heterocycles. The lowest BCUT2D eigenvalue weighted by atomic mass is 10.1. The Balaban J connectivity index is 2.04. The summed E-state index contributed by atoms with van der Waals surface area (Å²) in [5.74, 6) is 0.0755. The van der Waals surface area contributed by atoms with Gasteiger partial charge in [-0.25, -0.2) is 0 Å². The van der Waals surface area contributed by atoms with Crippen LogP contribution in [0, 0.1) is 0 Å². The van der Waals surface area contributed by atoms with E-state index in [0.29, 0.717) is 6.42 Å². The van der Waals surface area contributed by atoms with E-state index in [4.69, 9.17) is 0 Å². The van der Waals surface area contributed by atoms with Crippen molar-refractivity contribution in [3.8, 4) is 5.69 Å². The van der Waals surface area contributed by atoms with Gasteiger partial charge in [-0.1, -0.05) is 36.4 Å². The third-order valence-corrected chi connectivity index (χ3v) is 3.73. The Hall–Kier alpha value is -2.55. The van der Waals surface area contributed by atoms with Crippen LogP contribution >= 0.6 is 0 Å². The Morgan fingerprint density at radius 3 is 2.52 bits per heavy atom. The standard InChI is InChI=1S/C18H18N2O/c1-19-18(21)12-11-14-13-20(15-7-3-2-4-8-15)17-10-6-5-9-16(14)17/h2-10,13H,11-12H2,1H3,(H,19,21). The van der Waals surface area contributed by atoms with E-state index in [1.54, 1.807) is 7.05 Å². The smallest absolute Gasteiger partial charge is 0.220 e. The van der Waals surface area contributed by atoms with Crippen LogP contribution in [0.1, 0.15) is 12.0 Å². The van der Waals surface area contributed by atoms with Crippen LogP contribution in [0.4, 0.5) is 0 Å². The molecule has 0 unspecified atom stereocenters. The van der Waals surface area contributed by atoms with Gasteiger partial charge in [0.2, 0.25) is 5.91 Å². The molecule has 0 atom stereocenters. The van der Waals surface area contributed by atoms with Crippen LogP contribution in [0.5, 0.6) is 0 Å². The number of benzene rings is 2. The molecule has 0 aliphatic rings. The summed E-state index contributed by atoms with van der Waals surface area (Å²) >= 11 is 0. The fraction of sp³-hybridized carbons (Fsp3) is 0.167. The van der Waals surface area contributed by atoms with Gasteiger partial charge >= 0.3 is 0 Å². The summed E-state index contributed by atoms with van der Waals surface area (Å²) in [7, 11) is 1.68. The maximum absolute atomic E-state index is 11.5. The van der Waals surface area contributed by atoms with Crippen molar-refractivity contribution in [2.24, 2.45) is 0 Å². The summed E-state index contributed by atoms with van der Waals surface area (Å²) in [4.78, 5) is 11.5. The van der Waals surface area contributed by atoms with E-state index in [2.05, 4.69) is 40.3 Å². The minimum Gasteiger partial charge on any atom is -0.359 e. The molecule has 0 fully saturated rings. The SMILES string of the molecule is CNC(=O)CCc1cn(-c2ccccc2)c2ccccc12. The monoisotopic (exact) mass is 278 g/mol. The third-order valence-electron chi connectivity index (χ3n) is 3.73. The van der Waals surface area contributed by atoms with Gasteiger partial charge in [0.1, 0.15) is 0 Å². The molecule has 3 nitrogen and oxygen atoms in total. The maximum atomic E-state index is 11.5. The molecule has 21 heavy (non-hydrogen) atoms. The Morgan fingerprint density at radius 2 is 1.76 bits per heavy atom. The Bertz CT molecular complexity index is 759. The molecule has 3 heteroatoms. The zero-order chi connectivity index (χ0) is 14.7. The number of nitrogens with zero attached hydrogens (tertiary/aromatic N) is 1. The summed E-state index contributed by atoms with van der Waals surface area (Å²) in [6, 6.07) is 18.6. The van der Waals surface area contributed by atoms with Crippen LogP contribution in [-0.4, -0.2) is 17.5 Å². The van der Waals surface area contributed by atoms with E-state index >= 15 is 0 Å². The number of hydrogen-bond donors (Lipinski definition) is 1. The van der Waals surface area contributed by atoms with Crippen molar-refractivity contribution in [3.05, 3.63) is 66.4 Å². The second-order valence-corrected chi connectivity index (χ2v) is 5.05. The number of amides is 1. The van der Waals surface area contributed by atoms with Crippen molar-refractivity contribution in [2.45, 2.75) is 12.8 Å². The van der Waals surface area contributed by atoms with Gasteiger partial charge in [0.15, 0.2) is 0 Å². The zero-order valence-electron chi connectivity index (χ0n) is 12.0. The van der Waals surface area contributed by atoms with Crippen LogP contribution in [0.2, 0.25) is 0 Å². The summed E-state index contributed by atoms with van der Waals surface area (Å²) < 4.78 is 2.19. The molecule has 1 amide bonds. The molecular formula is C18H18N2O. The van der Waals surface area contributed by atoms with Gasteiger partial charge in [-0.2, -0.15) is 0 Å². The molecule has 0 aliphatic heterocycles. The van der Waals surface area contributed by atoms with Crippen molar-refractivity contribution in [3.63, 3.8) is 0 Å². The number of hydrogen-bond acceptors (Lipinski definition) is 1. The highest BCUT2D eigenvalue weighted by Gasteiger charge is 2.10. The lowest BCUT2D eigenvalue weighted by molar-refractivity contribution is -0.120. The van der Waals surface area contributed by atoms with Crippen molar-refractivity contribution < 1.29 is 4.79 Å². The van der Waals surface area contributed by atoms with Gasteiger partial charge in [0.05, 0.1) is 5.52 Å². The first-order chi connectivity index (χ1) is 10.3. The van der Waals surface area contributed by atoms with Crippen LogP contribution in [-0.2, 0) is 11.2 Å². The summed E-state index contributed by atoms with van der Waals surface area (Å²) in [6.45, 7) is 0. The highest BCUT2D eigenvalue weighted by Crippen LogP contribution is 2.25. The van der Waals surface area contributed by atoms with E-state index < -0.39 is 0 Å². The van der Waals surface area contributed by atoms with Gasteiger partial charge in [0, 0.05) is 30.7 Å². The van der Waals surface area contributed by atoms with Crippen LogP contribution in [0.3, 0.4) is 0 Å². The summed E-state index contributed by atoms with van der Waals surface area (Å²) in [6.07, 6.45) is 3.41. The number of aryl methyl sites for hydroxylation is 1. The minimum absolute atomic E-state index is 0.0755. The molecule has 1 heterocycles. The predicted octanol–water partition coefficient (Wildman–Crippen LogP) is 3.31. The second kappa shape index (κ2) is 5.83. The Labute approximate surface area is 124 Å². The van der Waals surface area contributed by atoms with E-state index in [0.717, 1.165) is 12.1 Å². The molecule has 0 spiro atoms. The van der Waals surface area contributed by atoms with E-state index in [-0.39, 0.29) is 5.91 Å². The number of fused-ring (bicyclic) bond motifs is 1. The molecule has 0 bridgehead atoms. The van der Waals surface area contributed by atoms with E-state index in [1.807, 2.05) is 30.3 Å². The van der Waals surface area contributed by atoms with E-state index in [1.165, 1.54) is 16.5 Å². The fourth-order valence-corrected chi connectivity index (χ4v) is 2.62. The lowest BCUT2D eigenvalue weighted by Gasteiger charge is -2.04. The zero-order valence-corrected chi connectivity index (χ0v) is 12.0. The Morgan fingerprint density at radius 1 is 1.05 bits per heavy atom. The quantitative estimate of drug-likeness (QED) is 0.780. The second-order valence-electron chi connectivity index (χ2n) is 5.05. The van der Waals surface area contributed by atoms with Crippen LogP contribution in [0.15, 0.2) is 60.8 Å². The molecule has 3 rings (SSSR count). The molecule has 0 radical (unpaired) electrons. The van der Waals surface area contributed by atoms with Crippen LogP contribution < -0.4 is 5.32 Å². The highest BCUT2D eigenvalue weighted by atomic mass is 16.1. The number of para-hydroxylation sites is 2. The van der Waals surface area contributed by atoms with Crippen molar-refractivity contribution in [2.75, 3.05) is 7.05 Å². The van der Waals surface area contributed by atoms with Crippen molar-refractivity contribution in [1.29, 1.82) is 0 Å². The first-order valence-electron chi connectivity index (χ1n) is 7.14. The average Bonchev–Trinajstić information content (AvgIpc) is 2.92. The maximum Gasteiger partial charge on any atom is 0.220 e. The summed E-state index contributed by atoms with van der Waals surface area (Å²) in [5, 5.41) is 3.89. The molecule has 1 N–H and O–H groups in total. The molecule has 0 saturated heterocycles. The van der Waals surface area contributed by atoms with Gasteiger partial charge in [-0.3, -0.25) is 4.79 Å². The highest BCUT2D eigenvalue weighted by molar-refractivity contribution is 5.86. The topological polar surface area (TPSA) is 34.0 Å². The van der Waals surface area contributed by atoms with Gasteiger partial charge in [0.25, 0.3) is 0 Å². The first kappa shape index (κ1) is 13.4. The Kier molecular flexibility index (Phi) is 3.73. The molecule has 3 aromatic rings. The third kappa shape index (κ3) is 2.68. The number of carbonyl (C=O) groups excluding carboxylic acids is 1. The van der Waals surface area contributed by atoms with Crippen molar-refractivity contribution >= 4 is 16.8 Å². The lowest BCUT2D eigenvalue weighted by Crippen LogP contribution is -2.17. The first-order valence-corrected chi connectivity index (χ1v) is 7.14. The van der Waals surface area contributed by atoms with Gasteiger partial charge in [-0.15, -0.1) is 0 Å². The predicted molar refractivity (Wildman–Crippen MR) is 85.7 cm³/mol. The largest absolute Gasteiger partial charge is 0.359 e. The number of rotatable bonds is 4. The number of nitrogens with one attached hydrogen (secondary N) is 1. The molecular weight excluding hydrogens is 260 g/mol. The minimum atomic E-state index is 0.0755. The number of carbonyl (C=O) groups is 1. The van der Waals surface area contributed by atoms with E-state index in [9.17, 15) is 4.79 Å². The molecule has 0 saturated carbocycles. The molecule has 2 aromatic carbocycles.